The molecule has 28 heavy (non-hydrogen) atoms. The minimum Gasteiger partial charge on any atom is -0.439 e. The highest BCUT2D eigenvalue weighted by Gasteiger charge is 2.47. The molecular formula is C21H23N3O4. The highest BCUT2D eigenvalue weighted by atomic mass is 16.5. The van der Waals surface area contributed by atoms with Crippen LogP contribution < -0.4 is 15.0 Å². The molecule has 3 heterocycles. The van der Waals surface area contributed by atoms with Gasteiger partial charge in [-0.2, -0.15) is 0 Å². The monoisotopic (exact) mass is 381 g/mol. The Balaban J connectivity index is 1.54. The molecule has 7 heteroatoms. The van der Waals surface area contributed by atoms with Gasteiger partial charge in [-0.15, -0.1) is 0 Å². The zero-order valence-corrected chi connectivity index (χ0v) is 16.4. The number of anilines is 1. The van der Waals surface area contributed by atoms with Gasteiger partial charge in [0.1, 0.15) is 11.3 Å². The van der Waals surface area contributed by atoms with Crippen molar-refractivity contribution in [1.82, 2.24) is 10.3 Å². The lowest BCUT2D eigenvalue weighted by atomic mass is 9.96. The Labute approximate surface area is 163 Å². The normalized spacial score (nSPS) is 22.9. The maximum absolute atomic E-state index is 12.6. The van der Waals surface area contributed by atoms with E-state index in [0.29, 0.717) is 30.3 Å². The molecule has 1 fully saturated rings. The molecule has 1 aromatic carbocycles. The first-order valence-corrected chi connectivity index (χ1v) is 9.31. The van der Waals surface area contributed by atoms with Gasteiger partial charge in [-0.3, -0.25) is 4.79 Å². The predicted octanol–water partition coefficient (Wildman–Crippen LogP) is 3.86. The molecular weight excluding hydrogens is 358 g/mol. The topological polar surface area (TPSA) is 80.8 Å². The summed E-state index contributed by atoms with van der Waals surface area (Å²) in [5.74, 6) is 0.758. The molecule has 1 aromatic heterocycles. The number of hydrogen-bond donors (Lipinski definition) is 1. The Bertz CT molecular complexity index is 955. The maximum atomic E-state index is 12.6. The van der Waals surface area contributed by atoms with Crippen molar-refractivity contribution in [3.05, 3.63) is 47.7 Å². The van der Waals surface area contributed by atoms with E-state index >= 15 is 0 Å². The minimum atomic E-state index is -0.883. The number of fused-ring (bicyclic) bond motifs is 1. The number of benzene rings is 1. The SMILES string of the molecule is CC[C@@]1(C)NC(=O)N(c2ccc(Oc3ccc4c(c3)C(C)(C)OC4)nc2)C1=O. The van der Waals surface area contributed by atoms with Crippen molar-refractivity contribution in [3.63, 3.8) is 0 Å². The first-order valence-electron chi connectivity index (χ1n) is 9.31. The van der Waals surface area contributed by atoms with Crippen LogP contribution in [0, 0.1) is 0 Å². The molecule has 1 N–H and O–H groups in total. The average Bonchev–Trinajstić information content (AvgIpc) is 3.09. The van der Waals surface area contributed by atoms with Crippen LogP contribution in [0.25, 0.3) is 0 Å². The van der Waals surface area contributed by atoms with Gasteiger partial charge in [0, 0.05) is 6.07 Å². The van der Waals surface area contributed by atoms with Crippen LogP contribution >= 0.6 is 0 Å². The Morgan fingerprint density at radius 1 is 1.21 bits per heavy atom. The molecule has 2 aliphatic rings. The summed E-state index contributed by atoms with van der Waals surface area (Å²) in [7, 11) is 0. The van der Waals surface area contributed by atoms with E-state index in [2.05, 4.69) is 10.3 Å². The van der Waals surface area contributed by atoms with Crippen LogP contribution in [-0.2, 0) is 21.7 Å². The van der Waals surface area contributed by atoms with Crippen molar-refractivity contribution < 1.29 is 19.1 Å². The van der Waals surface area contributed by atoms with E-state index < -0.39 is 11.6 Å². The zero-order valence-electron chi connectivity index (χ0n) is 16.4. The first kappa shape index (κ1) is 18.4. The number of aromatic nitrogens is 1. The molecule has 1 atom stereocenters. The Morgan fingerprint density at radius 3 is 2.64 bits per heavy atom. The standard InChI is InChI=1S/C21H23N3O4/c1-5-21(4)18(25)24(19(26)23-21)14-7-9-17(22-11-14)28-15-8-6-13-12-27-20(2,3)16(13)10-15/h6-11H,5,12H2,1-4H3,(H,23,26)/t21-/m1/s1. The van der Waals surface area contributed by atoms with E-state index in [4.69, 9.17) is 9.47 Å². The summed E-state index contributed by atoms with van der Waals surface area (Å²) < 4.78 is 11.6. The van der Waals surface area contributed by atoms with Gasteiger partial charge < -0.3 is 14.8 Å². The van der Waals surface area contributed by atoms with E-state index in [1.165, 1.54) is 6.20 Å². The Kier molecular flexibility index (Phi) is 4.15. The molecule has 0 bridgehead atoms. The molecule has 4 rings (SSSR count). The number of urea groups is 1. The zero-order chi connectivity index (χ0) is 20.1. The molecule has 0 spiro atoms. The van der Waals surface area contributed by atoms with Crippen LogP contribution in [0.2, 0.25) is 0 Å². The fraction of sp³-hybridized carbons (Fsp3) is 0.381. The second-order valence-corrected chi connectivity index (χ2v) is 7.83. The molecule has 0 radical (unpaired) electrons. The van der Waals surface area contributed by atoms with Crippen molar-refractivity contribution >= 4 is 17.6 Å². The van der Waals surface area contributed by atoms with Crippen molar-refractivity contribution in [2.24, 2.45) is 0 Å². The maximum Gasteiger partial charge on any atom is 0.329 e. The van der Waals surface area contributed by atoms with Crippen LogP contribution in [-0.4, -0.2) is 22.5 Å². The van der Waals surface area contributed by atoms with Gasteiger partial charge in [-0.25, -0.2) is 14.7 Å². The molecule has 0 saturated carbocycles. The highest BCUT2D eigenvalue weighted by molar-refractivity contribution is 6.23. The van der Waals surface area contributed by atoms with Crippen molar-refractivity contribution in [1.29, 1.82) is 0 Å². The molecule has 0 aliphatic carbocycles. The second-order valence-electron chi connectivity index (χ2n) is 7.83. The van der Waals surface area contributed by atoms with Gasteiger partial charge in [0.05, 0.1) is 24.1 Å². The van der Waals surface area contributed by atoms with Crippen molar-refractivity contribution in [2.45, 2.75) is 51.9 Å². The quantitative estimate of drug-likeness (QED) is 0.814. The number of nitrogens with one attached hydrogen (secondary N) is 1. The summed E-state index contributed by atoms with van der Waals surface area (Å²) in [6.07, 6.45) is 1.98. The molecule has 3 amide bonds. The van der Waals surface area contributed by atoms with E-state index in [0.717, 1.165) is 16.0 Å². The number of rotatable bonds is 4. The van der Waals surface area contributed by atoms with Crippen molar-refractivity contribution in [2.75, 3.05) is 4.90 Å². The summed E-state index contributed by atoms with van der Waals surface area (Å²) in [6.45, 7) is 8.23. The fourth-order valence-electron chi connectivity index (χ4n) is 3.49. The van der Waals surface area contributed by atoms with Gasteiger partial charge >= 0.3 is 6.03 Å². The number of amides is 3. The number of imide groups is 1. The lowest BCUT2D eigenvalue weighted by Gasteiger charge is -2.19. The van der Waals surface area contributed by atoms with Gasteiger partial charge in [-0.05, 0) is 56.5 Å². The fourth-order valence-corrected chi connectivity index (χ4v) is 3.49. The van der Waals surface area contributed by atoms with Crippen LogP contribution in [0.5, 0.6) is 11.6 Å². The third kappa shape index (κ3) is 2.92. The number of ether oxygens (including phenoxy) is 2. The van der Waals surface area contributed by atoms with E-state index in [9.17, 15) is 9.59 Å². The number of nitrogens with zero attached hydrogens (tertiary/aromatic N) is 2. The van der Waals surface area contributed by atoms with Gasteiger partial charge in [0.25, 0.3) is 5.91 Å². The summed E-state index contributed by atoms with van der Waals surface area (Å²) >= 11 is 0. The third-order valence-electron chi connectivity index (χ3n) is 5.49. The smallest absolute Gasteiger partial charge is 0.329 e. The van der Waals surface area contributed by atoms with Crippen LogP contribution in [0.15, 0.2) is 36.5 Å². The molecule has 0 unspecified atom stereocenters. The largest absolute Gasteiger partial charge is 0.439 e. The first-order chi connectivity index (χ1) is 13.2. The van der Waals surface area contributed by atoms with E-state index in [-0.39, 0.29) is 11.5 Å². The minimum absolute atomic E-state index is 0.281. The number of hydrogen-bond acceptors (Lipinski definition) is 5. The highest BCUT2D eigenvalue weighted by Crippen LogP contribution is 2.38. The molecule has 7 nitrogen and oxygen atoms in total. The molecule has 146 valence electrons. The van der Waals surface area contributed by atoms with E-state index in [1.54, 1.807) is 19.1 Å². The Hall–Kier alpha value is -2.93. The third-order valence-corrected chi connectivity index (χ3v) is 5.49. The number of carbonyl (C=O) groups is 2. The van der Waals surface area contributed by atoms with Crippen LogP contribution in [0.3, 0.4) is 0 Å². The lowest BCUT2D eigenvalue weighted by Crippen LogP contribution is -2.43. The summed E-state index contributed by atoms with van der Waals surface area (Å²) in [4.78, 5) is 30.2. The van der Waals surface area contributed by atoms with Gasteiger partial charge in [-0.1, -0.05) is 13.0 Å². The average molecular weight is 381 g/mol. The Morgan fingerprint density at radius 2 is 2.00 bits per heavy atom. The summed E-state index contributed by atoms with van der Waals surface area (Å²) in [5, 5.41) is 2.73. The van der Waals surface area contributed by atoms with Gasteiger partial charge in [0.2, 0.25) is 5.88 Å². The van der Waals surface area contributed by atoms with E-state index in [1.807, 2.05) is 39.0 Å². The predicted molar refractivity (Wildman–Crippen MR) is 103 cm³/mol. The molecule has 2 aromatic rings. The number of pyridine rings is 1. The van der Waals surface area contributed by atoms with Crippen LogP contribution in [0.1, 0.15) is 45.2 Å². The number of carbonyl (C=O) groups excluding carboxylic acids is 2. The summed E-state index contributed by atoms with van der Waals surface area (Å²) in [6, 6.07) is 8.69. The molecule has 2 aliphatic heterocycles. The second kappa shape index (κ2) is 6.31. The molecule has 1 saturated heterocycles. The lowest BCUT2D eigenvalue weighted by molar-refractivity contribution is -0.121. The van der Waals surface area contributed by atoms with Crippen LogP contribution in [0.4, 0.5) is 10.5 Å². The van der Waals surface area contributed by atoms with Gasteiger partial charge in [0.15, 0.2) is 0 Å². The van der Waals surface area contributed by atoms with Crippen molar-refractivity contribution in [3.8, 4) is 11.6 Å². The summed E-state index contributed by atoms with van der Waals surface area (Å²) in [5.41, 5.74) is 1.43.